The predicted molar refractivity (Wildman–Crippen MR) is 55.2 cm³/mol. The number of nitrogens with zero attached hydrogens (tertiary/aromatic N) is 1. The monoisotopic (exact) mass is 186 g/mol. The highest BCUT2D eigenvalue weighted by molar-refractivity contribution is 7.98. The molecule has 0 aliphatic rings. The Morgan fingerprint density at radius 2 is 2.17 bits per heavy atom. The van der Waals surface area contributed by atoms with Crippen LogP contribution in [0.4, 0.5) is 0 Å². The Labute approximate surface area is 79.7 Å². The van der Waals surface area contributed by atoms with Crippen LogP contribution in [0, 0.1) is 17.2 Å². The van der Waals surface area contributed by atoms with Crippen LogP contribution in [0.3, 0.4) is 0 Å². The van der Waals surface area contributed by atoms with Crippen LogP contribution in [0.5, 0.6) is 0 Å². The Hall–Kier alpha value is -0.200. The smallest absolute Gasteiger partial charge is 0.0666 e. The molecule has 0 saturated heterocycles. The first-order valence-corrected chi connectivity index (χ1v) is 5.72. The molecule has 0 radical (unpaired) electrons. The zero-order valence-electron chi connectivity index (χ0n) is 8.13. The normalized spacial score (nSPS) is 15.2. The molecule has 0 rings (SSSR count). The van der Waals surface area contributed by atoms with Gasteiger partial charge in [0.05, 0.1) is 12.0 Å². The minimum Gasteiger partial charge on any atom is -0.313 e. The Morgan fingerprint density at radius 1 is 1.50 bits per heavy atom. The molecule has 2 atom stereocenters. The second-order valence-electron chi connectivity index (χ2n) is 3.12. The van der Waals surface area contributed by atoms with E-state index >= 15 is 0 Å². The van der Waals surface area contributed by atoms with E-state index in [1.54, 1.807) is 0 Å². The van der Waals surface area contributed by atoms with Gasteiger partial charge in [-0.15, -0.1) is 0 Å². The maximum absolute atomic E-state index is 8.53. The molecule has 0 heterocycles. The lowest BCUT2D eigenvalue weighted by Crippen LogP contribution is -2.30. The van der Waals surface area contributed by atoms with Crippen LogP contribution >= 0.6 is 11.8 Å². The molecule has 0 spiro atoms. The van der Waals surface area contributed by atoms with E-state index < -0.39 is 0 Å². The summed E-state index contributed by atoms with van der Waals surface area (Å²) in [5.41, 5.74) is 0. The standard InChI is InChI=1S/C9H18N2S/c1-8(6-10)7-11-9(2)4-5-12-3/h8-9,11H,4-5,7H2,1-3H3. The van der Waals surface area contributed by atoms with Gasteiger partial charge in [-0.05, 0) is 32.3 Å². The molecule has 12 heavy (non-hydrogen) atoms. The van der Waals surface area contributed by atoms with Crippen molar-refractivity contribution >= 4 is 11.8 Å². The zero-order chi connectivity index (χ0) is 9.40. The van der Waals surface area contributed by atoms with Crippen molar-refractivity contribution in [2.45, 2.75) is 26.3 Å². The molecule has 0 saturated carbocycles. The third-order valence-corrected chi connectivity index (χ3v) is 2.39. The molecule has 0 aromatic heterocycles. The Morgan fingerprint density at radius 3 is 2.67 bits per heavy atom. The fourth-order valence-corrected chi connectivity index (χ4v) is 1.41. The zero-order valence-corrected chi connectivity index (χ0v) is 8.95. The van der Waals surface area contributed by atoms with Gasteiger partial charge >= 0.3 is 0 Å². The first-order chi connectivity index (χ1) is 5.70. The van der Waals surface area contributed by atoms with E-state index in [2.05, 4.69) is 24.6 Å². The average molecular weight is 186 g/mol. The average Bonchev–Trinajstić information content (AvgIpc) is 2.10. The SMILES string of the molecule is CSCCC(C)NCC(C)C#N. The highest BCUT2D eigenvalue weighted by Crippen LogP contribution is 2.00. The number of nitrogens with one attached hydrogen (secondary N) is 1. The fourth-order valence-electron chi connectivity index (χ4n) is 0.820. The first kappa shape index (κ1) is 11.8. The van der Waals surface area contributed by atoms with Crippen LogP contribution in [0.25, 0.3) is 0 Å². The summed E-state index contributed by atoms with van der Waals surface area (Å²) in [7, 11) is 0. The Bertz CT molecular complexity index is 142. The van der Waals surface area contributed by atoms with Crippen molar-refractivity contribution in [2.75, 3.05) is 18.6 Å². The fraction of sp³-hybridized carbons (Fsp3) is 0.889. The summed E-state index contributed by atoms with van der Waals surface area (Å²) in [5.74, 6) is 1.32. The molecule has 0 aromatic carbocycles. The van der Waals surface area contributed by atoms with Crippen molar-refractivity contribution in [2.24, 2.45) is 5.92 Å². The summed E-state index contributed by atoms with van der Waals surface area (Å²) in [6.45, 7) is 4.92. The molecular weight excluding hydrogens is 168 g/mol. The van der Waals surface area contributed by atoms with E-state index in [0.29, 0.717) is 6.04 Å². The molecule has 0 aliphatic carbocycles. The van der Waals surface area contributed by atoms with Crippen LogP contribution in [0.2, 0.25) is 0 Å². The summed E-state index contributed by atoms with van der Waals surface area (Å²) >= 11 is 1.86. The molecule has 2 unspecified atom stereocenters. The minimum absolute atomic E-state index is 0.127. The lowest BCUT2D eigenvalue weighted by Gasteiger charge is -2.13. The Balaban J connectivity index is 3.31. The summed E-state index contributed by atoms with van der Waals surface area (Å²) in [6.07, 6.45) is 3.30. The second kappa shape index (κ2) is 7.45. The third kappa shape index (κ3) is 6.51. The minimum atomic E-state index is 0.127. The van der Waals surface area contributed by atoms with E-state index in [4.69, 9.17) is 5.26 Å². The topological polar surface area (TPSA) is 35.8 Å². The molecule has 2 nitrogen and oxygen atoms in total. The summed E-state index contributed by atoms with van der Waals surface area (Å²) in [6, 6.07) is 2.74. The summed E-state index contributed by atoms with van der Waals surface area (Å²) in [4.78, 5) is 0. The molecule has 0 amide bonds. The quantitative estimate of drug-likeness (QED) is 0.688. The van der Waals surface area contributed by atoms with Gasteiger partial charge in [-0.25, -0.2) is 0 Å². The molecule has 0 aliphatic heterocycles. The Kier molecular flexibility index (Phi) is 7.33. The van der Waals surface area contributed by atoms with E-state index in [1.165, 1.54) is 12.2 Å². The van der Waals surface area contributed by atoms with E-state index in [-0.39, 0.29) is 5.92 Å². The van der Waals surface area contributed by atoms with Gasteiger partial charge in [-0.3, -0.25) is 0 Å². The highest BCUT2D eigenvalue weighted by Gasteiger charge is 2.03. The van der Waals surface area contributed by atoms with Gasteiger partial charge in [0.2, 0.25) is 0 Å². The number of hydrogen-bond donors (Lipinski definition) is 1. The van der Waals surface area contributed by atoms with Crippen molar-refractivity contribution in [3.05, 3.63) is 0 Å². The van der Waals surface area contributed by atoms with Crippen LogP contribution in [0.15, 0.2) is 0 Å². The van der Waals surface area contributed by atoms with Gasteiger partial charge in [-0.2, -0.15) is 17.0 Å². The van der Waals surface area contributed by atoms with Crippen LogP contribution in [0.1, 0.15) is 20.3 Å². The number of rotatable bonds is 6. The number of nitriles is 1. The maximum Gasteiger partial charge on any atom is 0.0666 e. The van der Waals surface area contributed by atoms with Gasteiger partial charge in [0.15, 0.2) is 0 Å². The van der Waals surface area contributed by atoms with Crippen molar-refractivity contribution < 1.29 is 0 Å². The molecule has 70 valence electrons. The summed E-state index contributed by atoms with van der Waals surface area (Å²) in [5, 5.41) is 11.9. The van der Waals surface area contributed by atoms with Crippen LogP contribution in [-0.2, 0) is 0 Å². The second-order valence-corrected chi connectivity index (χ2v) is 4.11. The van der Waals surface area contributed by atoms with Gasteiger partial charge in [-0.1, -0.05) is 0 Å². The largest absolute Gasteiger partial charge is 0.313 e. The summed E-state index contributed by atoms with van der Waals surface area (Å²) < 4.78 is 0. The van der Waals surface area contributed by atoms with Crippen molar-refractivity contribution in [3.8, 4) is 6.07 Å². The van der Waals surface area contributed by atoms with Crippen molar-refractivity contribution in [1.29, 1.82) is 5.26 Å². The maximum atomic E-state index is 8.53. The van der Waals surface area contributed by atoms with E-state index in [1.807, 2.05) is 18.7 Å². The van der Waals surface area contributed by atoms with Gasteiger partial charge in [0.1, 0.15) is 0 Å². The van der Waals surface area contributed by atoms with Gasteiger partial charge in [0, 0.05) is 12.6 Å². The lowest BCUT2D eigenvalue weighted by atomic mass is 10.2. The molecule has 1 N–H and O–H groups in total. The van der Waals surface area contributed by atoms with Crippen LogP contribution < -0.4 is 5.32 Å². The first-order valence-electron chi connectivity index (χ1n) is 4.32. The molecule has 0 aromatic rings. The molecule has 3 heteroatoms. The van der Waals surface area contributed by atoms with Gasteiger partial charge in [0.25, 0.3) is 0 Å². The van der Waals surface area contributed by atoms with E-state index in [9.17, 15) is 0 Å². The number of thioether (sulfide) groups is 1. The molecule has 0 bridgehead atoms. The molecule has 0 fully saturated rings. The van der Waals surface area contributed by atoms with E-state index in [0.717, 1.165) is 6.54 Å². The number of hydrogen-bond acceptors (Lipinski definition) is 3. The highest BCUT2D eigenvalue weighted by atomic mass is 32.2. The lowest BCUT2D eigenvalue weighted by molar-refractivity contribution is 0.503. The van der Waals surface area contributed by atoms with Crippen molar-refractivity contribution in [3.63, 3.8) is 0 Å². The van der Waals surface area contributed by atoms with Gasteiger partial charge < -0.3 is 5.32 Å². The predicted octanol–water partition coefficient (Wildman–Crippen LogP) is 1.88. The van der Waals surface area contributed by atoms with Crippen molar-refractivity contribution in [1.82, 2.24) is 5.32 Å². The third-order valence-electron chi connectivity index (χ3n) is 1.75. The molecular formula is C9H18N2S. The van der Waals surface area contributed by atoms with Crippen LogP contribution in [-0.4, -0.2) is 24.6 Å².